The highest BCUT2D eigenvalue weighted by Crippen LogP contribution is 2.62. The standard InChI is InChI=1S/C23H26O2.C22H38N3O3PS.C3H8.C2H5NO/c1-16-7-11-21(12-8-16)18(3)15-19(4)23-17(2)9-13-22(24-6)14-10-20(5)25-23;1-16-10-7-5-3-4-6-8-12-19(26)25-15-9-11-18(25)21(27)23-20(16)22(28)24-30(2,29)17-13-14-17;1-3-2;1-2(3)4/h7-8,10-15H,2,5,9H2,1,3-4,6H3;7,10,16-18,20H,3-6,8-9,11-15,29H2,1-2H3,(H,23,27)(H,24,28);3H2,1-2H3;1H3,(H2,3,4)/b14-10-,18-15+,22-13+,23-19+;10-7-;;. The highest BCUT2D eigenvalue weighted by molar-refractivity contribution is 8.67. The quantitative estimate of drug-likeness (QED) is 0.192. The summed E-state index contributed by atoms with van der Waals surface area (Å²) in [5.74, 6) is 1.42. The number of ether oxygens (including phenoxy) is 2. The number of amides is 4. The van der Waals surface area contributed by atoms with Crippen LogP contribution in [-0.4, -0.2) is 65.8 Å². The van der Waals surface area contributed by atoms with Gasteiger partial charge in [-0.2, -0.15) is 9.83 Å². The van der Waals surface area contributed by atoms with Crippen molar-refractivity contribution in [2.24, 2.45) is 11.7 Å². The van der Waals surface area contributed by atoms with Gasteiger partial charge >= 0.3 is 0 Å². The van der Waals surface area contributed by atoms with Gasteiger partial charge in [0.25, 0.3) is 5.91 Å². The van der Waals surface area contributed by atoms with Gasteiger partial charge in [0.05, 0.1) is 7.11 Å². The van der Waals surface area contributed by atoms with E-state index in [9.17, 15) is 19.2 Å². The summed E-state index contributed by atoms with van der Waals surface area (Å²) >= 11 is 0. The van der Waals surface area contributed by atoms with Crippen LogP contribution in [0.4, 0.5) is 0 Å². The summed E-state index contributed by atoms with van der Waals surface area (Å²) < 4.78 is 14.5. The van der Waals surface area contributed by atoms with E-state index in [1.54, 1.807) is 18.1 Å². The Bertz CT molecular complexity index is 1840. The van der Waals surface area contributed by atoms with Gasteiger partial charge in [-0.05, 0) is 119 Å². The van der Waals surface area contributed by atoms with E-state index in [4.69, 9.17) is 9.47 Å². The Morgan fingerprint density at radius 3 is 2.27 bits per heavy atom. The second-order valence-electron chi connectivity index (χ2n) is 16.7. The lowest BCUT2D eigenvalue weighted by Crippen LogP contribution is -2.55. The summed E-state index contributed by atoms with van der Waals surface area (Å²) in [6.07, 6.45) is 25.4. The third kappa shape index (κ3) is 19.4. The van der Waals surface area contributed by atoms with Crippen molar-refractivity contribution in [3.8, 4) is 0 Å². The molecule has 1 saturated heterocycles. The van der Waals surface area contributed by atoms with E-state index < -0.39 is 21.9 Å². The fourth-order valence-corrected chi connectivity index (χ4v) is 10.0. The number of rotatable bonds is 6. The first-order valence-electron chi connectivity index (χ1n) is 22.2. The largest absolute Gasteiger partial charge is 0.497 e. The van der Waals surface area contributed by atoms with Crippen molar-refractivity contribution in [2.45, 2.75) is 143 Å². The smallest absolute Gasteiger partial charge is 0.251 e. The summed E-state index contributed by atoms with van der Waals surface area (Å²) in [6.45, 7) is 22.5. The van der Waals surface area contributed by atoms with Crippen molar-refractivity contribution in [1.29, 1.82) is 0 Å². The summed E-state index contributed by atoms with van der Waals surface area (Å²) in [5.41, 5.74) is 10.0. The number of fused-ring (bicyclic) bond motifs is 1. The number of aryl methyl sites for hydroxylation is 1. The van der Waals surface area contributed by atoms with Crippen LogP contribution in [0, 0.1) is 12.8 Å². The molecule has 1 aromatic carbocycles. The number of carbonyl (C=O) groups excluding carboxylic acids is 4. The number of primary amides is 1. The van der Waals surface area contributed by atoms with E-state index >= 15 is 0 Å². The van der Waals surface area contributed by atoms with E-state index in [1.165, 1.54) is 30.0 Å². The summed E-state index contributed by atoms with van der Waals surface area (Å²) in [7, 11) is 3.22. The molecule has 3 heterocycles. The minimum atomic E-state index is -1.29. The lowest BCUT2D eigenvalue weighted by molar-refractivity contribution is -0.139. The normalized spacial score (nSPS) is 25.4. The molecule has 5 unspecified atom stereocenters. The number of nitrogens with zero attached hydrogens (tertiary/aromatic N) is 1. The van der Waals surface area contributed by atoms with Crippen molar-refractivity contribution in [3.63, 3.8) is 0 Å². The Balaban J connectivity index is 0.000000376. The van der Waals surface area contributed by atoms with Crippen LogP contribution in [0.25, 0.3) is 5.57 Å². The molecule has 0 bridgehead atoms. The van der Waals surface area contributed by atoms with E-state index in [0.717, 1.165) is 74.0 Å². The van der Waals surface area contributed by atoms with Gasteiger partial charge in [-0.25, -0.2) is 0 Å². The van der Waals surface area contributed by atoms with Crippen LogP contribution >= 0.6 is 18.3 Å². The Labute approximate surface area is 377 Å². The topological polar surface area (TPSA) is 140 Å². The predicted molar refractivity (Wildman–Crippen MR) is 264 cm³/mol. The van der Waals surface area contributed by atoms with Gasteiger partial charge in [0.2, 0.25) is 17.7 Å². The zero-order valence-corrected chi connectivity index (χ0v) is 41.1. The van der Waals surface area contributed by atoms with Gasteiger partial charge < -0.3 is 30.1 Å². The van der Waals surface area contributed by atoms with Crippen molar-refractivity contribution < 1.29 is 28.7 Å². The summed E-state index contributed by atoms with van der Waals surface area (Å²) in [5, 5.41) is 3.57. The lowest BCUT2D eigenvalue weighted by atomic mass is 9.99. The van der Waals surface area contributed by atoms with Gasteiger partial charge in [-0.3, -0.25) is 19.2 Å². The SMILES string of the molecule is C=C1/C=C\C(OC)=C/CC(=C)/C(=C(C)\C=C(/C)c2ccc(C)cc2)O1.CC(N)=O.CC1/C=C\CCCCCCC(=O)N2CCCC2C(=O)NC1C(=O)NS(C)(P)C1CC1.CCC. The fraction of sp³-hybridized carbons (Fsp3) is 0.520. The second kappa shape index (κ2) is 27.7. The van der Waals surface area contributed by atoms with Crippen molar-refractivity contribution in [3.05, 3.63) is 113 Å². The number of nitrogens with two attached hydrogens (primary N) is 1. The molecule has 1 aromatic rings. The van der Waals surface area contributed by atoms with Gasteiger partial charge in [0, 0.05) is 31.1 Å². The molecule has 62 heavy (non-hydrogen) atoms. The van der Waals surface area contributed by atoms with E-state index in [1.807, 2.05) is 26.0 Å². The zero-order valence-electron chi connectivity index (χ0n) is 39.1. The number of carbonyl (C=O) groups is 4. The third-order valence-corrected chi connectivity index (χ3v) is 14.5. The maximum atomic E-state index is 13.2. The molecule has 2 fully saturated rings. The molecule has 10 nitrogen and oxygen atoms in total. The number of benzene rings is 1. The molecule has 4 aliphatic rings. The van der Waals surface area contributed by atoms with Crippen LogP contribution < -0.4 is 15.8 Å². The summed E-state index contributed by atoms with van der Waals surface area (Å²) in [4.78, 5) is 50.0. The lowest BCUT2D eigenvalue weighted by Gasteiger charge is -2.35. The predicted octanol–water partition coefficient (Wildman–Crippen LogP) is 10.6. The van der Waals surface area contributed by atoms with Crippen LogP contribution in [0.15, 0.2) is 102 Å². The van der Waals surface area contributed by atoms with Gasteiger partial charge in [0.1, 0.15) is 29.4 Å². The van der Waals surface area contributed by atoms with Crippen molar-refractivity contribution in [2.75, 3.05) is 19.9 Å². The Morgan fingerprint density at radius 2 is 1.66 bits per heavy atom. The number of hydrogen-bond donors (Lipinski definition) is 3. The van der Waals surface area contributed by atoms with Crippen LogP contribution in [0.3, 0.4) is 0 Å². The summed E-state index contributed by atoms with van der Waals surface area (Å²) in [6, 6.07) is 7.43. The Morgan fingerprint density at radius 1 is 1.03 bits per heavy atom. The molecule has 12 heteroatoms. The van der Waals surface area contributed by atoms with Gasteiger partial charge in [-0.15, -0.1) is 0 Å². The van der Waals surface area contributed by atoms with E-state index in [0.29, 0.717) is 36.8 Å². The van der Waals surface area contributed by atoms with Gasteiger partial charge in [-0.1, -0.05) is 110 Å². The minimum Gasteiger partial charge on any atom is -0.497 e. The molecule has 4 amide bonds. The number of nitrogens with one attached hydrogen (secondary N) is 2. The molecule has 344 valence electrons. The van der Waals surface area contributed by atoms with Crippen LogP contribution in [0.1, 0.15) is 130 Å². The van der Waals surface area contributed by atoms with Crippen LogP contribution in [0.5, 0.6) is 0 Å². The monoisotopic (exact) mass is 893 g/mol. The average Bonchev–Trinajstić information content (AvgIpc) is 3.96. The number of hydrogen-bond acceptors (Lipinski definition) is 6. The third-order valence-electron chi connectivity index (χ3n) is 10.5. The average molecular weight is 893 g/mol. The minimum absolute atomic E-state index is 0.0745. The Hall–Kier alpha value is -4.34. The molecule has 1 aliphatic carbocycles. The first kappa shape index (κ1) is 53.8. The highest BCUT2D eigenvalue weighted by Gasteiger charge is 2.40. The molecular weight excluding hydrogens is 816 g/mol. The highest BCUT2D eigenvalue weighted by atomic mass is 32.8. The molecule has 1 saturated carbocycles. The van der Waals surface area contributed by atoms with Gasteiger partial charge in [0.15, 0.2) is 0 Å². The zero-order chi connectivity index (χ0) is 46.4. The molecule has 0 aromatic heterocycles. The van der Waals surface area contributed by atoms with E-state index in [-0.39, 0.29) is 29.5 Å². The van der Waals surface area contributed by atoms with Crippen molar-refractivity contribution >= 4 is 47.5 Å². The molecule has 4 N–H and O–H groups in total. The van der Waals surface area contributed by atoms with E-state index in [2.05, 4.69) is 114 Å². The molecule has 0 spiro atoms. The number of methoxy groups -OCH3 is 1. The maximum absolute atomic E-state index is 13.2. The first-order chi connectivity index (χ1) is 29.3. The van der Waals surface area contributed by atoms with Crippen LogP contribution in [-0.2, 0) is 28.7 Å². The maximum Gasteiger partial charge on any atom is 0.251 e. The fourth-order valence-electron chi connectivity index (χ4n) is 7.00. The molecule has 5 atom stereocenters. The molecular formula is C50H77N4O6PS. The second-order valence-corrected chi connectivity index (χ2v) is 22.6. The van der Waals surface area contributed by atoms with Crippen LogP contribution in [0.2, 0.25) is 0 Å². The first-order valence-corrected chi connectivity index (χ1v) is 25.8. The molecule has 0 radical (unpaired) electrons. The number of allylic oxidation sites excluding steroid dienone is 8. The van der Waals surface area contributed by atoms with Crippen molar-refractivity contribution in [1.82, 2.24) is 14.9 Å². The Kier molecular flexibility index (Phi) is 24.0. The molecule has 3 aliphatic heterocycles. The molecule has 5 rings (SSSR count).